The highest BCUT2D eigenvalue weighted by atomic mass is 32.2. The molecule has 7 heteroatoms. The molecule has 0 radical (unpaired) electrons. The Morgan fingerprint density at radius 3 is 2.32 bits per heavy atom. The maximum Gasteiger partial charge on any atom is 0.253 e. The number of hydrogen-bond donors (Lipinski definition) is 0. The fraction of sp³-hybridized carbons (Fsp3) is 0.458. The standard InChI is InChI=1S/C24H30N2O4S/c1-30-22-10-9-21(18-23(22)31(28,29)26-13-5-6-14-26)24(27)25-15-11-20(12-16-25)17-19-7-3-2-4-8-19/h2-4,7-10,18,20H,5-6,11-17H2,1H3. The van der Waals surface area contributed by atoms with Crippen molar-refractivity contribution in [1.29, 1.82) is 0 Å². The minimum atomic E-state index is -3.67. The number of sulfonamides is 1. The molecule has 166 valence electrons. The van der Waals surface area contributed by atoms with Crippen LogP contribution in [0.1, 0.15) is 41.6 Å². The normalized spacial score (nSPS) is 18.3. The quantitative estimate of drug-likeness (QED) is 0.686. The van der Waals surface area contributed by atoms with Gasteiger partial charge in [0.1, 0.15) is 10.6 Å². The maximum atomic E-state index is 13.1. The summed E-state index contributed by atoms with van der Waals surface area (Å²) in [6.45, 7) is 2.41. The van der Waals surface area contributed by atoms with Crippen LogP contribution in [0.4, 0.5) is 0 Å². The summed E-state index contributed by atoms with van der Waals surface area (Å²) in [6, 6.07) is 15.2. The van der Waals surface area contributed by atoms with Gasteiger partial charge in [-0.3, -0.25) is 4.79 Å². The van der Waals surface area contributed by atoms with Gasteiger partial charge in [-0.25, -0.2) is 8.42 Å². The molecule has 2 aliphatic rings. The van der Waals surface area contributed by atoms with Gasteiger partial charge in [-0.05, 0) is 61.8 Å². The molecule has 4 rings (SSSR count). The number of methoxy groups -OCH3 is 1. The molecule has 2 aromatic carbocycles. The fourth-order valence-electron chi connectivity index (χ4n) is 4.55. The number of carbonyl (C=O) groups excluding carboxylic acids is 1. The lowest BCUT2D eigenvalue weighted by Gasteiger charge is -2.32. The lowest BCUT2D eigenvalue weighted by atomic mass is 9.90. The number of carbonyl (C=O) groups is 1. The van der Waals surface area contributed by atoms with Crippen LogP contribution < -0.4 is 4.74 Å². The van der Waals surface area contributed by atoms with Gasteiger partial charge in [0.25, 0.3) is 5.91 Å². The second-order valence-electron chi connectivity index (χ2n) is 8.40. The van der Waals surface area contributed by atoms with E-state index >= 15 is 0 Å². The fourth-order valence-corrected chi connectivity index (χ4v) is 6.25. The summed E-state index contributed by atoms with van der Waals surface area (Å²) in [4.78, 5) is 15.1. The third-order valence-corrected chi connectivity index (χ3v) is 8.28. The highest BCUT2D eigenvalue weighted by molar-refractivity contribution is 7.89. The number of ether oxygens (including phenoxy) is 1. The lowest BCUT2D eigenvalue weighted by molar-refractivity contribution is 0.0690. The van der Waals surface area contributed by atoms with Gasteiger partial charge in [0, 0.05) is 31.7 Å². The van der Waals surface area contributed by atoms with Crippen LogP contribution in [0.2, 0.25) is 0 Å². The number of piperidine rings is 1. The van der Waals surface area contributed by atoms with Crippen LogP contribution in [0.5, 0.6) is 5.75 Å². The molecule has 1 amide bonds. The smallest absolute Gasteiger partial charge is 0.253 e. The molecule has 2 aliphatic heterocycles. The van der Waals surface area contributed by atoms with Gasteiger partial charge in [0.2, 0.25) is 10.0 Å². The third-order valence-electron chi connectivity index (χ3n) is 6.36. The highest BCUT2D eigenvalue weighted by Crippen LogP contribution is 2.31. The molecule has 2 fully saturated rings. The molecular formula is C24H30N2O4S. The van der Waals surface area contributed by atoms with Gasteiger partial charge in [-0.1, -0.05) is 30.3 Å². The molecule has 2 saturated heterocycles. The zero-order valence-corrected chi connectivity index (χ0v) is 18.8. The summed E-state index contributed by atoms with van der Waals surface area (Å²) in [6.07, 6.45) is 4.66. The van der Waals surface area contributed by atoms with Crippen molar-refractivity contribution in [2.24, 2.45) is 5.92 Å². The molecule has 0 saturated carbocycles. The van der Waals surface area contributed by atoms with Crippen molar-refractivity contribution in [3.8, 4) is 5.75 Å². The van der Waals surface area contributed by atoms with E-state index in [0.717, 1.165) is 32.1 Å². The number of likely N-dealkylation sites (tertiary alicyclic amines) is 1. The Morgan fingerprint density at radius 2 is 1.68 bits per heavy atom. The number of benzene rings is 2. The second-order valence-corrected chi connectivity index (χ2v) is 10.3. The summed E-state index contributed by atoms with van der Waals surface area (Å²) in [5, 5.41) is 0. The van der Waals surface area contributed by atoms with Crippen molar-refractivity contribution >= 4 is 15.9 Å². The molecule has 0 spiro atoms. The van der Waals surface area contributed by atoms with Gasteiger partial charge in [-0.2, -0.15) is 4.31 Å². The Labute approximate surface area is 184 Å². The molecule has 6 nitrogen and oxygen atoms in total. The first-order valence-electron chi connectivity index (χ1n) is 11.0. The van der Waals surface area contributed by atoms with Gasteiger partial charge < -0.3 is 9.64 Å². The van der Waals surface area contributed by atoms with Crippen LogP contribution in [-0.4, -0.2) is 56.8 Å². The minimum absolute atomic E-state index is 0.0849. The highest BCUT2D eigenvalue weighted by Gasteiger charge is 2.31. The summed E-state index contributed by atoms with van der Waals surface area (Å²) in [5.74, 6) is 0.733. The third kappa shape index (κ3) is 4.77. The van der Waals surface area contributed by atoms with Gasteiger partial charge in [0.05, 0.1) is 7.11 Å². The molecular weight excluding hydrogens is 412 g/mol. The SMILES string of the molecule is COc1ccc(C(=O)N2CCC(Cc3ccccc3)CC2)cc1S(=O)(=O)N1CCCC1. The van der Waals surface area contributed by atoms with Crippen molar-refractivity contribution in [2.75, 3.05) is 33.3 Å². The summed E-state index contributed by atoms with van der Waals surface area (Å²) in [5.41, 5.74) is 1.74. The Balaban J connectivity index is 1.46. The first-order valence-corrected chi connectivity index (χ1v) is 12.4. The van der Waals surface area contributed by atoms with Crippen molar-refractivity contribution in [3.05, 3.63) is 59.7 Å². The predicted octanol–water partition coefficient (Wildman–Crippen LogP) is 3.57. The molecule has 31 heavy (non-hydrogen) atoms. The van der Waals surface area contributed by atoms with Crippen LogP contribution in [-0.2, 0) is 16.4 Å². The maximum absolute atomic E-state index is 13.1. The molecule has 2 heterocycles. The van der Waals surface area contributed by atoms with Crippen molar-refractivity contribution in [1.82, 2.24) is 9.21 Å². The number of hydrogen-bond acceptors (Lipinski definition) is 4. The van der Waals surface area contributed by atoms with Gasteiger partial charge in [-0.15, -0.1) is 0 Å². The first-order chi connectivity index (χ1) is 15.0. The molecule has 0 aromatic heterocycles. The first kappa shape index (κ1) is 21.8. The summed E-state index contributed by atoms with van der Waals surface area (Å²) < 4.78 is 33.0. The van der Waals surface area contributed by atoms with E-state index in [1.54, 1.807) is 12.1 Å². The molecule has 0 N–H and O–H groups in total. The van der Waals surface area contributed by atoms with E-state index in [9.17, 15) is 13.2 Å². The van der Waals surface area contributed by atoms with Crippen molar-refractivity contribution in [2.45, 2.75) is 37.0 Å². The van der Waals surface area contributed by atoms with E-state index in [1.807, 2.05) is 11.0 Å². The Morgan fingerprint density at radius 1 is 1.00 bits per heavy atom. The van der Waals surface area contributed by atoms with E-state index in [1.165, 1.54) is 23.0 Å². The number of amides is 1. The molecule has 2 aromatic rings. The van der Waals surface area contributed by atoms with Gasteiger partial charge in [0.15, 0.2) is 0 Å². The van der Waals surface area contributed by atoms with Crippen LogP contribution >= 0.6 is 0 Å². The summed E-state index contributed by atoms with van der Waals surface area (Å²) in [7, 11) is -2.22. The van der Waals surface area contributed by atoms with E-state index in [4.69, 9.17) is 4.74 Å². The van der Waals surface area contributed by atoms with Crippen LogP contribution in [0.25, 0.3) is 0 Å². The Bertz CT molecular complexity index is 1010. The topological polar surface area (TPSA) is 66.9 Å². The lowest BCUT2D eigenvalue weighted by Crippen LogP contribution is -2.39. The zero-order chi connectivity index (χ0) is 21.8. The van der Waals surface area contributed by atoms with E-state index in [2.05, 4.69) is 24.3 Å². The van der Waals surface area contributed by atoms with E-state index in [0.29, 0.717) is 37.7 Å². The predicted molar refractivity (Wildman–Crippen MR) is 120 cm³/mol. The summed E-state index contributed by atoms with van der Waals surface area (Å²) >= 11 is 0. The average molecular weight is 443 g/mol. The molecule has 0 bridgehead atoms. The van der Waals surface area contributed by atoms with Crippen LogP contribution in [0.3, 0.4) is 0 Å². The van der Waals surface area contributed by atoms with Crippen molar-refractivity contribution in [3.63, 3.8) is 0 Å². The monoisotopic (exact) mass is 442 g/mol. The molecule has 0 aliphatic carbocycles. The number of rotatable bonds is 6. The molecule has 0 unspecified atom stereocenters. The second kappa shape index (κ2) is 9.40. The van der Waals surface area contributed by atoms with E-state index in [-0.39, 0.29) is 16.6 Å². The van der Waals surface area contributed by atoms with Crippen molar-refractivity contribution < 1.29 is 17.9 Å². The van der Waals surface area contributed by atoms with Crippen LogP contribution in [0, 0.1) is 5.92 Å². The largest absolute Gasteiger partial charge is 0.495 e. The molecule has 0 atom stereocenters. The van der Waals surface area contributed by atoms with E-state index < -0.39 is 10.0 Å². The minimum Gasteiger partial charge on any atom is -0.495 e. The zero-order valence-electron chi connectivity index (χ0n) is 18.0. The van der Waals surface area contributed by atoms with Gasteiger partial charge >= 0.3 is 0 Å². The Hall–Kier alpha value is -2.38. The van der Waals surface area contributed by atoms with Crippen LogP contribution in [0.15, 0.2) is 53.4 Å². The number of nitrogens with zero attached hydrogens (tertiary/aromatic N) is 2. The Kier molecular flexibility index (Phi) is 6.62. The average Bonchev–Trinajstić information content (AvgIpc) is 3.35.